The zero-order valence-electron chi connectivity index (χ0n) is 22.6. The van der Waals surface area contributed by atoms with Crippen molar-refractivity contribution < 1.29 is 28.1 Å². The number of anilines is 3. The van der Waals surface area contributed by atoms with E-state index in [2.05, 4.69) is 4.90 Å². The number of benzene rings is 2. The van der Waals surface area contributed by atoms with Gasteiger partial charge in [0.2, 0.25) is 0 Å². The Labute approximate surface area is 228 Å². The molecule has 0 amide bonds. The summed E-state index contributed by atoms with van der Waals surface area (Å²) in [6.45, 7) is 6.49. The summed E-state index contributed by atoms with van der Waals surface area (Å²) >= 11 is 0. The number of nitrogens with two attached hydrogens (primary N) is 3. The molecular formula is C28H40N4O7. The minimum absolute atomic E-state index is 0.168. The van der Waals surface area contributed by atoms with Crippen LogP contribution in [0.4, 0.5) is 17.1 Å². The molecule has 2 aromatic carbocycles. The minimum Gasteiger partial charge on any atom is -0.454 e. The summed E-state index contributed by atoms with van der Waals surface area (Å²) in [5.74, 6) is 0.435. The van der Waals surface area contributed by atoms with Crippen molar-refractivity contribution in [3.05, 3.63) is 52.7 Å². The number of nitrogen functional groups attached to an aromatic ring is 2. The van der Waals surface area contributed by atoms with Crippen LogP contribution in [0.3, 0.4) is 0 Å². The van der Waals surface area contributed by atoms with Crippen LogP contribution < -0.4 is 27.5 Å². The first-order valence-corrected chi connectivity index (χ1v) is 13.0. The fraction of sp³-hybridized carbons (Fsp3) is 0.464. The zero-order valence-corrected chi connectivity index (χ0v) is 22.6. The van der Waals surface area contributed by atoms with E-state index in [0.29, 0.717) is 102 Å². The molecule has 0 fully saturated rings. The van der Waals surface area contributed by atoms with Crippen LogP contribution in [0.2, 0.25) is 0 Å². The fourth-order valence-electron chi connectivity index (χ4n) is 3.67. The van der Waals surface area contributed by atoms with Gasteiger partial charge in [-0.3, -0.25) is 4.79 Å². The van der Waals surface area contributed by atoms with Crippen molar-refractivity contribution in [3.8, 4) is 11.3 Å². The van der Waals surface area contributed by atoms with Gasteiger partial charge in [0.1, 0.15) is 5.76 Å². The molecule has 0 saturated heterocycles. The molecule has 0 aliphatic carbocycles. The molecule has 214 valence electrons. The average Bonchev–Trinajstić information content (AvgIpc) is 2.95. The molecule has 11 heteroatoms. The van der Waals surface area contributed by atoms with Crippen molar-refractivity contribution in [2.45, 2.75) is 0 Å². The summed E-state index contributed by atoms with van der Waals surface area (Å²) in [5, 5.41) is 0.405. The Balaban J connectivity index is 1.28. The number of ether oxygens (including phenoxy) is 5. The van der Waals surface area contributed by atoms with Gasteiger partial charge in [-0.25, -0.2) is 0 Å². The van der Waals surface area contributed by atoms with Gasteiger partial charge in [0.15, 0.2) is 11.0 Å². The number of hydrogen-bond acceptors (Lipinski definition) is 11. The molecule has 0 radical (unpaired) electrons. The quantitative estimate of drug-likeness (QED) is 0.150. The number of nitrogens with zero attached hydrogens (tertiary/aromatic N) is 1. The summed E-state index contributed by atoms with van der Waals surface area (Å²) in [4.78, 5) is 14.6. The summed E-state index contributed by atoms with van der Waals surface area (Å²) in [7, 11) is 1.99. The average molecular weight is 545 g/mol. The van der Waals surface area contributed by atoms with Gasteiger partial charge in [0.05, 0.1) is 82.8 Å². The maximum absolute atomic E-state index is 12.5. The van der Waals surface area contributed by atoms with Crippen LogP contribution in [-0.2, 0) is 23.7 Å². The van der Waals surface area contributed by atoms with Gasteiger partial charge in [0, 0.05) is 37.5 Å². The lowest BCUT2D eigenvalue weighted by atomic mass is 10.1. The smallest absolute Gasteiger partial charge is 0.193 e. The van der Waals surface area contributed by atoms with E-state index >= 15 is 0 Å². The third kappa shape index (κ3) is 9.81. The first-order chi connectivity index (χ1) is 19.0. The Morgan fingerprint density at radius 3 is 1.85 bits per heavy atom. The number of likely N-dealkylation sites (N-methyl/N-ethyl adjacent to an activating group) is 1. The molecule has 0 bridgehead atoms. The molecule has 1 aromatic heterocycles. The van der Waals surface area contributed by atoms with Crippen LogP contribution in [0.1, 0.15) is 0 Å². The van der Waals surface area contributed by atoms with Crippen molar-refractivity contribution in [1.29, 1.82) is 0 Å². The van der Waals surface area contributed by atoms with E-state index in [-0.39, 0.29) is 11.1 Å². The van der Waals surface area contributed by atoms with E-state index in [0.717, 1.165) is 11.3 Å². The predicted molar refractivity (Wildman–Crippen MR) is 153 cm³/mol. The minimum atomic E-state index is -0.168. The Kier molecular flexibility index (Phi) is 13.0. The zero-order chi connectivity index (χ0) is 27.9. The SMILES string of the molecule is CN(CCOCCOCCOCCOCCOCCN)c1ccc(-c2cc(=O)c3ccc(N)c(N)c3o2)cc1. The lowest BCUT2D eigenvalue weighted by molar-refractivity contribution is -0.0100. The second kappa shape index (κ2) is 16.7. The van der Waals surface area contributed by atoms with E-state index in [9.17, 15) is 4.79 Å². The highest BCUT2D eigenvalue weighted by molar-refractivity contribution is 5.94. The third-order valence-corrected chi connectivity index (χ3v) is 5.88. The van der Waals surface area contributed by atoms with Crippen LogP contribution >= 0.6 is 0 Å². The number of fused-ring (bicyclic) bond motifs is 1. The van der Waals surface area contributed by atoms with Gasteiger partial charge < -0.3 is 50.2 Å². The summed E-state index contributed by atoms with van der Waals surface area (Å²) in [6, 6.07) is 12.4. The van der Waals surface area contributed by atoms with Gasteiger partial charge in [-0.2, -0.15) is 0 Å². The van der Waals surface area contributed by atoms with E-state index in [1.165, 1.54) is 6.07 Å². The molecule has 0 unspecified atom stereocenters. The second-order valence-electron chi connectivity index (χ2n) is 8.74. The van der Waals surface area contributed by atoms with E-state index in [1.54, 1.807) is 12.1 Å². The van der Waals surface area contributed by atoms with Crippen molar-refractivity contribution >= 4 is 28.0 Å². The molecule has 3 rings (SSSR count). The first kappa shape index (κ1) is 30.4. The van der Waals surface area contributed by atoms with Crippen LogP contribution in [-0.4, -0.2) is 86.2 Å². The summed E-state index contributed by atoms with van der Waals surface area (Å²) in [5.41, 5.74) is 19.8. The lowest BCUT2D eigenvalue weighted by Crippen LogP contribution is -2.23. The lowest BCUT2D eigenvalue weighted by Gasteiger charge is -2.19. The molecule has 0 aliphatic heterocycles. The number of rotatable bonds is 19. The van der Waals surface area contributed by atoms with Crippen molar-refractivity contribution in [2.24, 2.45) is 5.73 Å². The van der Waals surface area contributed by atoms with E-state index in [1.807, 2.05) is 31.3 Å². The van der Waals surface area contributed by atoms with Gasteiger partial charge in [0.25, 0.3) is 0 Å². The Morgan fingerprint density at radius 2 is 1.28 bits per heavy atom. The molecule has 0 spiro atoms. The molecule has 0 atom stereocenters. The Morgan fingerprint density at radius 1 is 0.744 bits per heavy atom. The normalized spacial score (nSPS) is 11.3. The van der Waals surface area contributed by atoms with E-state index < -0.39 is 0 Å². The molecule has 1 heterocycles. The van der Waals surface area contributed by atoms with Gasteiger partial charge in [-0.05, 0) is 36.4 Å². The maximum atomic E-state index is 12.5. The highest BCUT2D eigenvalue weighted by atomic mass is 16.6. The molecule has 3 aromatic rings. The number of hydrogen-bond donors (Lipinski definition) is 3. The van der Waals surface area contributed by atoms with Crippen LogP contribution in [0, 0.1) is 0 Å². The third-order valence-electron chi connectivity index (χ3n) is 5.88. The second-order valence-corrected chi connectivity index (χ2v) is 8.74. The van der Waals surface area contributed by atoms with Crippen LogP contribution in [0.5, 0.6) is 0 Å². The standard InChI is InChI=1S/C28H40N4O7/c1-32(9-11-35-13-15-37-17-19-38-18-16-36-14-12-34-10-8-29)22-4-2-21(3-5-22)26-20-25(33)23-6-7-24(30)27(31)28(23)39-26/h2-7,20H,8-19,29-31H2,1H3. The maximum Gasteiger partial charge on any atom is 0.193 e. The monoisotopic (exact) mass is 544 g/mol. The van der Waals surface area contributed by atoms with Crippen LogP contribution in [0.25, 0.3) is 22.3 Å². The largest absolute Gasteiger partial charge is 0.454 e. The molecule has 11 nitrogen and oxygen atoms in total. The molecule has 0 saturated carbocycles. The molecule has 39 heavy (non-hydrogen) atoms. The Bertz CT molecular complexity index is 1190. The fourth-order valence-corrected chi connectivity index (χ4v) is 3.67. The van der Waals surface area contributed by atoms with Crippen molar-refractivity contribution in [3.63, 3.8) is 0 Å². The summed E-state index contributed by atoms with van der Waals surface area (Å²) in [6.07, 6.45) is 0. The first-order valence-electron chi connectivity index (χ1n) is 13.0. The van der Waals surface area contributed by atoms with Gasteiger partial charge >= 0.3 is 0 Å². The van der Waals surface area contributed by atoms with Crippen LogP contribution in [0.15, 0.2) is 51.7 Å². The van der Waals surface area contributed by atoms with Gasteiger partial charge in [-0.15, -0.1) is 0 Å². The molecule has 6 N–H and O–H groups in total. The topological polar surface area (TPSA) is 158 Å². The predicted octanol–water partition coefficient (Wildman–Crippen LogP) is 2.10. The summed E-state index contributed by atoms with van der Waals surface area (Å²) < 4.78 is 33.2. The van der Waals surface area contributed by atoms with Crippen molar-refractivity contribution in [1.82, 2.24) is 0 Å². The van der Waals surface area contributed by atoms with E-state index in [4.69, 9.17) is 45.3 Å². The Hall–Kier alpha value is -3.19. The molecular weight excluding hydrogens is 504 g/mol. The van der Waals surface area contributed by atoms with Gasteiger partial charge in [-0.1, -0.05) is 0 Å². The highest BCUT2D eigenvalue weighted by Crippen LogP contribution is 2.29. The highest BCUT2D eigenvalue weighted by Gasteiger charge is 2.12. The molecule has 0 aliphatic rings. The van der Waals surface area contributed by atoms with Crippen molar-refractivity contribution in [2.75, 3.05) is 103 Å².